The Morgan fingerprint density at radius 2 is 1.81 bits per heavy atom. The molecule has 0 saturated carbocycles. The molecule has 2 heterocycles. The molecule has 7 heteroatoms. The summed E-state index contributed by atoms with van der Waals surface area (Å²) < 4.78 is 0. The largest absolute Gasteiger partial charge is 0.349 e. The van der Waals surface area contributed by atoms with Crippen LogP contribution in [0, 0.1) is 0 Å². The molecule has 0 bridgehead atoms. The average Bonchev–Trinajstić information content (AvgIpc) is 3.04. The Kier molecular flexibility index (Phi) is 5.06. The molecule has 0 aliphatic heterocycles. The molecule has 0 atom stereocenters. The number of nitrogens with two attached hydrogens (primary N) is 1. The molecule has 4 N–H and O–H groups in total. The number of nitrogens with zero attached hydrogens (tertiary/aromatic N) is 2. The fourth-order valence-corrected chi connectivity index (χ4v) is 2.67. The lowest BCUT2D eigenvalue weighted by atomic mass is 9.99. The smallest absolute Gasteiger partial charge is 0.239 e. The second-order valence-corrected chi connectivity index (χ2v) is 7.01. The Morgan fingerprint density at radius 1 is 1.15 bits per heavy atom. The molecule has 1 aromatic carbocycles. The average molecular weight is 370 g/mol. The van der Waals surface area contributed by atoms with Gasteiger partial charge in [-0.05, 0) is 43.7 Å². The minimum atomic E-state index is -0.949. The number of H-pyrrole nitrogens is 1. The molecular weight excluding hydrogens is 350 g/mol. The van der Waals surface area contributed by atoms with Crippen LogP contribution in [0.3, 0.4) is 0 Å². The van der Waals surface area contributed by atoms with Gasteiger partial charge in [-0.3, -0.25) is 14.9 Å². The third-order valence-electron chi connectivity index (χ3n) is 3.94. The SMILES string of the molecule is CC(C)(N)C(=O)NCc1[nH]nc(-c2ccc(Cl)cc2)c1-c1ccncc1. The van der Waals surface area contributed by atoms with Gasteiger partial charge in [-0.25, -0.2) is 0 Å². The molecule has 0 fully saturated rings. The first-order valence-corrected chi connectivity index (χ1v) is 8.55. The van der Waals surface area contributed by atoms with Crippen LogP contribution in [0.4, 0.5) is 0 Å². The van der Waals surface area contributed by atoms with Crippen LogP contribution in [0.15, 0.2) is 48.8 Å². The van der Waals surface area contributed by atoms with Gasteiger partial charge < -0.3 is 11.1 Å². The van der Waals surface area contributed by atoms with Crippen LogP contribution in [-0.4, -0.2) is 26.6 Å². The van der Waals surface area contributed by atoms with Crippen LogP contribution in [0.25, 0.3) is 22.4 Å². The van der Waals surface area contributed by atoms with Crippen molar-refractivity contribution in [3.05, 3.63) is 59.5 Å². The summed E-state index contributed by atoms with van der Waals surface area (Å²) in [4.78, 5) is 16.2. The lowest BCUT2D eigenvalue weighted by Gasteiger charge is -2.17. The molecule has 3 rings (SSSR count). The van der Waals surface area contributed by atoms with Gasteiger partial charge in [0.2, 0.25) is 5.91 Å². The quantitative estimate of drug-likeness (QED) is 0.643. The number of carbonyl (C=O) groups excluding carboxylic acids is 1. The molecule has 26 heavy (non-hydrogen) atoms. The zero-order valence-corrected chi connectivity index (χ0v) is 15.3. The van der Waals surface area contributed by atoms with Crippen LogP contribution < -0.4 is 11.1 Å². The van der Waals surface area contributed by atoms with Crippen molar-refractivity contribution in [3.63, 3.8) is 0 Å². The van der Waals surface area contributed by atoms with Crippen molar-refractivity contribution in [2.24, 2.45) is 5.73 Å². The summed E-state index contributed by atoms with van der Waals surface area (Å²) in [6.45, 7) is 3.62. The highest BCUT2D eigenvalue weighted by Gasteiger charge is 2.23. The van der Waals surface area contributed by atoms with Gasteiger partial charge in [0.1, 0.15) is 5.69 Å². The van der Waals surface area contributed by atoms with E-state index in [1.54, 1.807) is 26.2 Å². The van der Waals surface area contributed by atoms with Crippen molar-refractivity contribution in [1.29, 1.82) is 0 Å². The second-order valence-electron chi connectivity index (χ2n) is 6.57. The highest BCUT2D eigenvalue weighted by Crippen LogP contribution is 2.33. The molecule has 3 aromatic rings. The maximum atomic E-state index is 12.1. The number of aromatic amines is 1. The molecule has 134 valence electrons. The molecule has 0 radical (unpaired) electrons. The molecule has 6 nitrogen and oxygen atoms in total. The Labute approximate surface area is 156 Å². The summed E-state index contributed by atoms with van der Waals surface area (Å²) in [6, 6.07) is 11.3. The van der Waals surface area contributed by atoms with E-state index in [0.29, 0.717) is 5.02 Å². The molecule has 1 amide bonds. The molecule has 0 aliphatic carbocycles. The number of carbonyl (C=O) groups is 1. The molecule has 0 saturated heterocycles. The maximum Gasteiger partial charge on any atom is 0.239 e. The summed E-state index contributed by atoms with van der Waals surface area (Å²) in [5.41, 5.74) is 9.25. The number of hydrogen-bond acceptors (Lipinski definition) is 4. The lowest BCUT2D eigenvalue weighted by molar-refractivity contribution is -0.125. The number of nitrogens with one attached hydrogen (secondary N) is 2. The Hall–Kier alpha value is -2.70. The molecular formula is C19H20ClN5O. The number of pyridine rings is 1. The maximum absolute atomic E-state index is 12.1. The van der Waals surface area contributed by atoms with Crippen molar-refractivity contribution in [3.8, 4) is 22.4 Å². The van der Waals surface area contributed by atoms with Crippen molar-refractivity contribution >= 4 is 17.5 Å². The van der Waals surface area contributed by atoms with Gasteiger partial charge in [0.15, 0.2) is 0 Å². The number of amides is 1. The van der Waals surface area contributed by atoms with Gasteiger partial charge in [0, 0.05) is 28.5 Å². The Morgan fingerprint density at radius 3 is 2.42 bits per heavy atom. The van der Waals surface area contributed by atoms with E-state index in [0.717, 1.165) is 28.1 Å². The van der Waals surface area contributed by atoms with Crippen LogP contribution in [-0.2, 0) is 11.3 Å². The zero-order chi connectivity index (χ0) is 18.7. The van der Waals surface area contributed by atoms with E-state index < -0.39 is 5.54 Å². The van der Waals surface area contributed by atoms with E-state index in [4.69, 9.17) is 17.3 Å². The predicted octanol–water partition coefficient (Wildman–Crippen LogP) is 3.15. The highest BCUT2D eigenvalue weighted by atomic mass is 35.5. The van der Waals surface area contributed by atoms with Crippen molar-refractivity contribution < 1.29 is 4.79 Å². The third-order valence-corrected chi connectivity index (χ3v) is 4.19. The monoisotopic (exact) mass is 369 g/mol. The van der Waals surface area contributed by atoms with Crippen LogP contribution in [0.2, 0.25) is 5.02 Å². The van der Waals surface area contributed by atoms with Crippen molar-refractivity contribution in [1.82, 2.24) is 20.5 Å². The number of benzene rings is 1. The van der Waals surface area contributed by atoms with Gasteiger partial charge in [-0.2, -0.15) is 5.10 Å². The Bertz CT molecular complexity index is 898. The van der Waals surface area contributed by atoms with E-state index in [1.807, 2.05) is 36.4 Å². The molecule has 0 aliphatic rings. The summed E-state index contributed by atoms with van der Waals surface area (Å²) in [6.07, 6.45) is 3.44. The number of hydrogen-bond donors (Lipinski definition) is 3. The number of aromatic nitrogens is 3. The van der Waals surface area contributed by atoms with Crippen molar-refractivity contribution in [2.45, 2.75) is 25.9 Å². The minimum Gasteiger partial charge on any atom is -0.349 e. The summed E-state index contributed by atoms with van der Waals surface area (Å²) in [5.74, 6) is -0.235. The van der Waals surface area contributed by atoms with E-state index in [9.17, 15) is 4.79 Å². The van der Waals surface area contributed by atoms with Crippen LogP contribution in [0.1, 0.15) is 19.5 Å². The summed E-state index contributed by atoms with van der Waals surface area (Å²) >= 11 is 5.99. The number of halogens is 1. The second kappa shape index (κ2) is 7.27. The molecule has 0 spiro atoms. The normalized spacial score (nSPS) is 11.4. The van der Waals surface area contributed by atoms with Gasteiger partial charge in [0.25, 0.3) is 0 Å². The van der Waals surface area contributed by atoms with Gasteiger partial charge in [0.05, 0.1) is 17.8 Å². The first-order valence-electron chi connectivity index (χ1n) is 8.17. The minimum absolute atomic E-state index is 0.235. The van der Waals surface area contributed by atoms with E-state index >= 15 is 0 Å². The zero-order valence-electron chi connectivity index (χ0n) is 14.6. The van der Waals surface area contributed by atoms with Gasteiger partial charge in [-0.15, -0.1) is 0 Å². The standard InChI is InChI=1S/C19H20ClN5O/c1-19(2,21)18(26)23-11-15-16(12-7-9-22-10-8-12)17(25-24-15)13-3-5-14(20)6-4-13/h3-10H,11,21H2,1-2H3,(H,23,26)(H,24,25). The fourth-order valence-electron chi connectivity index (χ4n) is 2.55. The molecule has 0 unspecified atom stereocenters. The first kappa shape index (κ1) is 18.1. The topological polar surface area (TPSA) is 96.7 Å². The van der Waals surface area contributed by atoms with E-state index in [-0.39, 0.29) is 12.5 Å². The highest BCUT2D eigenvalue weighted by molar-refractivity contribution is 6.30. The summed E-state index contributed by atoms with van der Waals surface area (Å²) in [5, 5.41) is 11.0. The summed E-state index contributed by atoms with van der Waals surface area (Å²) in [7, 11) is 0. The predicted molar refractivity (Wildman–Crippen MR) is 102 cm³/mol. The van der Waals surface area contributed by atoms with Crippen LogP contribution in [0.5, 0.6) is 0 Å². The van der Waals surface area contributed by atoms with E-state index in [1.165, 1.54) is 0 Å². The fraction of sp³-hybridized carbons (Fsp3) is 0.211. The third kappa shape index (κ3) is 3.92. The Balaban J connectivity index is 2.00. The van der Waals surface area contributed by atoms with Crippen LogP contribution >= 0.6 is 11.6 Å². The lowest BCUT2D eigenvalue weighted by Crippen LogP contribution is -2.48. The van der Waals surface area contributed by atoms with Crippen molar-refractivity contribution in [2.75, 3.05) is 0 Å². The van der Waals surface area contributed by atoms with E-state index in [2.05, 4.69) is 20.5 Å². The number of rotatable bonds is 5. The van der Waals surface area contributed by atoms with Gasteiger partial charge >= 0.3 is 0 Å². The van der Waals surface area contributed by atoms with Gasteiger partial charge in [-0.1, -0.05) is 23.7 Å². The molecule has 2 aromatic heterocycles. The first-order chi connectivity index (χ1) is 12.4.